The van der Waals surface area contributed by atoms with Crippen LogP contribution in [0.4, 0.5) is 10.1 Å². The van der Waals surface area contributed by atoms with Crippen LogP contribution in [0.15, 0.2) is 47.6 Å². The Morgan fingerprint density at radius 2 is 1.84 bits per heavy atom. The molecule has 0 radical (unpaired) electrons. The highest BCUT2D eigenvalue weighted by Crippen LogP contribution is 2.31. The first-order valence-corrected chi connectivity index (χ1v) is 12.4. The standard InChI is InChI=1S/C28H29FN6O2/c1-32-13-15-34(16-14-32)17-24(36)30-21-9-11-33(2)27-20(21)7-8-23-25-22(31-28(37)26(25)27)10-12-35(23)19-5-3-18(29)4-6-19/h3-11,31,37H,12-17H2,1-2H3. The van der Waals surface area contributed by atoms with Gasteiger partial charge in [0, 0.05) is 67.8 Å². The van der Waals surface area contributed by atoms with Crippen molar-refractivity contribution in [1.29, 1.82) is 0 Å². The van der Waals surface area contributed by atoms with E-state index in [9.17, 15) is 14.3 Å². The molecular formula is C28H29FN6O2. The molecule has 8 nitrogen and oxygen atoms in total. The number of aryl methyl sites for hydroxylation is 1. The smallest absolute Gasteiger partial charge is 0.260 e. The Bertz CT molecular complexity index is 1610. The van der Waals surface area contributed by atoms with Gasteiger partial charge in [-0.1, -0.05) is 0 Å². The van der Waals surface area contributed by atoms with Gasteiger partial charge in [-0.3, -0.25) is 9.69 Å². The second-order valence-corrected chi connectivity index (χ2v) is 9.81. The second-order valence-electron chi connectivity index (χ2n) is 9.81. The number of piperazine rings is 1. The summed E-state index contributed by atoms with van der Waals surface area (Å²) in [5.41, 5.74) is 3.90. The number of carbonyl (C=O) groups is 1. The summed E-state index contributed by atoms with van der Waals surface area (Å²) in [4.78, 5) is 27.1. The summed E-state index contributed by atoms with van der Waals surface area (Å²) in [6.07, 6.45) is 7.82. The lowest BCUT2D eigenvalue weighted by atomic mass is 10.1. The first-order chi connectivity index (χ1) is 17.9. The van der Waals surface area contributed by atoms with Gasteiger partial charge in [0.05, 0.1) is 28.9 Å². The number of pyridine rings is 1. The van der Waals surface area contributed by atoms with Crippen LogP contribution in [-0.2, 0) is 11.8 Å². The Hall–Kier alpha value is -3.95. The third-order valence-electron chi connectivity index (χ3n) is 7.36. The van der Waals surface area contributed by atoms with E-state index in [1.165, 1.54) is 12.1 Å². The maximum Gasteiger partial charge on any atom is 0.260 e. The maximum absolute atomic E-state index is 13.6. The summed E-state index contributed by atoms with van der Waals surface area (Å²) in [5, 5.41) is 13.3. The van der Waals surface area contributed by atoms with Crippen molar-refractivity contribution in [3.05, 3.63) is 69.9 Å². The number of aromatic amines is 1. The van der Waals surface area contributed by atoms with Crippen LogP contribution in [0.1, 0.15) is 5.56 Å². The van der Waals surface area contributed by atoms with Crippen LogP contribution in [0.5, 0.6) is 5.88 Å². The molecule has 4 heterocycles. The van der Waals surface area contributed by atoms with Crippen molar-refractivity contribution in [3.8, 4) is 17.1 Å². The topological polar surface area (TPSA) is 80.1 Å². The summed E-state index contributed by atoms with van der Waals surface area (Å²) in [7, 11) is 4.00. The number of benzene rings is 1. The zero-order chi connectivity index (χ0) is 25.7. The van der Waals surface area contributed by atoms with Gasteiger partial charge in [-0.25, -0.2) is 9.38 Å². The minimum absolute atomic E-state index is 0.0566. The van der Waals surface area contributed by atoms with E-state index < -0.39 is 0 Å². The van der Waals surface area contributed by atoms with Gasteiger partial charge in [-0.2, -0.15) is 0 Å². The van der Waals surface area contributed by atoms with Gasteiger partial charge < -0.3 is 24.5 Å². The van der Waals surface area contributed by atoms with Crippen LogP contribution in [0.25, 0.3) is 29.1 Å². The highest BCUT2D eigenvalue weighted by atomic mass is 19.1. The average Bonchev–Trinajstić information content (AvgIpc) is 3.09. The molecule has 0 saturated carbocycles. The number of fused-ring (bicyclic) bond motifs is 2. The fourth-order valence-corrected chi connectivity index (χ4v) is 5.37. The molecule has 2 N–H and O–H groups in total. The van der Waals surface area contributed by atoms with E-state index in [2.05, 4.69) is 31.7 Å². The molecule has 2 aromatic heterocycles. The van der Waals surface area contributed by atoms with Gasteiger partial charge in [0.1, 0.15) is 5.82 Å². The minimum Gasteiger partial charge on any atom is -0.494 e. The lowest BCUT2D eigenvalue weighted by Crippen LogP contribution is -2.46. The van der Waals surface area contributed by atoms with Gasteiger partial charge in [-0.05, 0) is 55.6 Å². The molecule has 0 unspecified atom stereocenters. The van der Waals surface area contributed by atoms with Crippen LogP contribution < -0.4 is 20.8 Å². The number of hydrogen-bond donors (Lipinski definition) is 2. The minimum atomic E-state index is -0.293. The Morgan fingerprint density at radius 3 is 2.59 bits per heavy atom. The van der Waals surface area contributed by atoms with Crippen LogP contribution in [0, 0.1) is 5.82 Å². The molecule has 37 heavy (non-hydrogen) atoms. The molecule has 0 spiro atoms. The van der Waals surface area contributed by atoms with E-state index in [4.69, 9.17) is 0 Å². The van der Waals surface area contributed by atoms with Crippen molar-refractivity contribution in [3.63, 3.8) is 0 Å². The molecule has 190 valence electrons. The fraction of sp³-hybridized carbons (Fsp3) is 0.286. The Balaban J connectivity index is 1.46. The molecule has 3 aliphatic rings. The van der Waals surface area contributed by atoms with Gasteiger partial charge in [0.15, 0.2) is 5.88 Å². The lowest BCUT2D eigenvalue weighted by molar-refractivity contribution is -0.119. The third-order valence-corrected chi connectivity index (χ3v) is 7.36. The van der Waals surface area contributed by atoms with E-state index in [-0.39, 0.29) is 24.1 Å². The number of nitrogens with one attached hydrogen (secondary N) is 1. The van der Waals surface area contributed by atoms with E-state index in [0.29, 0.717) is 17.5 Å². The molecule has 0 bridgehead atoms. The van der Waals surface area contributed by atoms with Crippen LogP contribution in [0.3, 0.4) is 0 Å². The summed E-state index contributed by atoms with van der Waals surface area (Å²) >= 11 is 0. The Morgan fingerprint density at radius 1 is 1.08 bits per heavy atom. The molecule has 9 heteroatoms. The number of aromatic hydroxyl groups is 1. The number of hydrogen-bond acceptors (Lipinski definition) is 5. The Kier molecular flexibility index (Phi) is 5.81. The van der Waals surface area contributed by atoms with Crippen LogP contribution in [-0.4, -0.2) is 76.7 Å². The molecule has 2 aliphatic heterocycles. The summed E-state index contributed by atoms with van der Waals surface area (Å²) in [6.45, 7) is 4.40. The molecule has 0 atom stereocenters. The van der Waals surface area contributed by atoms with Gasteiger partial charge >= 0.3 is 0 Å². The van der Waals surface area contributed by atoms with E-state index in [1.807, 2.05) is 42.1 Å². The summed E-state index contributed by atoms with van der Waals surface area (Å²) in [6, 6.07) is 8.22. The summed E-state index contributed by atoms with van der Waals surface area (Å²) < 4.78 is 15.6. The zero-order valence-corrected chi connectivity index (χ0v) is 20.9. The van der Waals surface area contributed by atoms with Crippen molar-refractivity contribution < 1.29 is 14.3 Å². The SMILES string of the molecule is CN1CCN(CC(=O)N=c2ccn(C)c3c2C=CC2=c4c-3c(O)[nH]c4=CCN2c2ccc(F)cc2)CC1. The van der Waals surface area contributed by atoms with E-state index in [1.54, 1.807) is 12.1 Å². The summed E-state index contributed by atoms with van der Waals surface area (Å²) in [5.74, 6) is -0.424. The second kappa shape index (κ2) is 9.17. The quantitative estimate of drug-likeness (QED) is 0.561. The average molecular weight is 501 g/mol. The zero-order valence-electron chi connectivity index (χ0n) is 20.9. The number of nitrogens with zero attached hydrogens (tertiary/aromatic N) is 5. The highest BCUT2D eigenvalue weighted by Gasteiger charge is 2.26. The van der Waals surface area contributed by atoms with Crippen molar-refractivity contribution in [2.45, 2.75) is 0 Å². The molecule has 1 aromatic carbocycles. The predicted octanol–water partition coefficient (Wildman–Crippen LogP) is 0.975. The molecule has 1 amide bonds. The first-order valence-electron chi connectivity index (χ1n) is 12.4. The molecule has 1 aliphatic carbocycles. The van der Waals surface area contributed by atoms with Gasteiger partial charge in [0.25, 0.3) is 5.91 Å². The monoisotopic (exact) mass is 500 g/mol. The fourth-order valence-electron chi connectivity index (χ4n) is 5.37. The number of amides is 1. The lowest BCUT2D eigenvalue weighted by Gasteiger charge is -2.31. The van der Waals surface area contributed by atoms with Crippen LogP contribution >= 0.6 is 0 Å². The maximum atomic E-state index is 13.6. The molecular weight excluding hydrogens is 471 g/mol. The Labute approximate surface area is 213 Å². The molecule has 6 rings (SSSR count). The number of aromatic nitrogens is 2. The first kappa shape index (κ1) is 23.4. The number of rotatable bonds is 3. The predicted molar refractivity (Wildman–Crippen MR) is 141 cm³/mol. The molecule has 3 aromatic rings. The van der Waals surface area contributed by atoms with Crippen LogP contribution in [0.2, 0.25) is 0 Å². The number of carbonyl (C=O) groups excluding carboxylic acids is 1. The van der Waals surface area contributed by atoms with E-state index >= 15 is 0 Å². The number of halogens is 1. The van der Waals surface area contributed by atoms with Crippen molar-refractivity contribution in [1.82, 2.24) is 19.4 Å². The largest absolute Gasteiger partial charge is 0.494 e. The molecule has 1 saturated heterocycles. The molecule has 1 fully saturated rings. The highest BCUT2D eigenvalue weighted by molar-refractivity contribution is 5.91. The number of likely N-dealkylation sites (N-methyl/N-ethyl adjacent to an activating group) is 1. The van der Waals surface area contributed by atoms with E-state index in [0.717, 1.165) is 59.4 Å². The number of H-pyrrole nitrogens is 1. The van der Waals surface area contributed by atoms with Crippen molar-refractivity contribution in [2.75, 3.05) is 51.2 Å². The number of anilines is 1. The van der Waals surface area contributed by atoms with Crippen molar-refractivity contribution >= 4 is 29.4 Å². The third kappa shape index (κ3) is 4.20. The van der Waals surface area contributed by atoms with Crippen molar-refractivity contribution in [2.24, 2.45) is 12.0 Å². The van der Waals surface area contributed by atoms with Gasteiger partial charge in [-0.15, -0.1) is 0 Å². The van der Waals surface area contributed by atoms with Gasteiger partial charge in [0.2, 0.25) is 0 Å². The normalized spacial score (nSPS) is 17.9.